The molecule has 1 aromatic heterocycles. The van der Waals surface area contributed by atoms with Crippen molar-refractivity contribution in [1.29, 1.82) is 0 Å². The Labute approximate surface area is 222 Å². The van der Waals surface area contributed by atoms with Crippen molar-refractivity contribution in [3.63, 3.8) is 0 Å². The zero-order valence-corrected chi connectivity index (χ0v) is 22.0. The third-order valence-electron chi connectivity index (χ3n) is 8.42. The molecule has 0 amide bonds. The molecule has 0 spiro atoms. The number of hydrogen-bond donors (Lipinski definition) is 1. The summed E-state index contributed by atoms with van der Waals surface area (Å²) in [6.45, 7) is 2.63. The van der Waals surface area contributed by atoms with E-state index in [0.717, 1.165) is 12.8 Å². The number of nitrogens with zero attached hydrogens (tertiary/aromatic N) is 2. The quantitative estimate of drug-likeness (QED) is 0.209. The minimum Gasteiger partial charge on any atom is -1.00 e. The number of fused-ring (bicyclic) bond motifs is 4. The molecule has 0 aliphatic carbocycles. The largest absolute Gasteiger partial charge is 1.00 e. The summed E-state index contributed by atoms with van der Waals surface area (Å²) in [7, 11) is 1.54. The Hall–Kier alpha value is -2.30. The van der Waals surface area contributed by atoms with Gasteiger partial charge in [-0.25, -0.2) is 22.0 Å². The number of methoxy groups -OCH3 is 1. The number of pyridine rings is 1. The van der Waals surface area contributed by atoms with Crippen LogP contribution >= 0.6 is 0 Å². The van der Waals surface area contributed by atoms with E-state index in [1.54, 1.807) is 30.5 Å². The molecular weight excluding hydrogens is 559 g/mol. The number of aliphatic hydroxyl groups is 1. The number of piperidine rings is 3. The highest BCUT2D eigenvalue weighted by molar-refractivity contribution is 5.83. The van der Waals surface area contributed by atoms with Gasteiger partial charge in [-0.1, -0.05) is 6.92 Å². The van der Waals surface area contributed by atoms with Gasteiger partial charge >= 0.3 is 0 Å². The number of aromatic nitrogens is 1. The average Bonchev–Trinajstić information content (AvgIpc) is 2.92. The molecule has 3 fully saturated rings. The van der Waals surface area contributed by atoms with Gasteiger partial charge in [0.25, 0.3) is 0 Å². The lowest BCUT2D eigenvalue weighted by molar-refractivity contribution is -0.986. The minimum absolute atomic E-state index is 0. The summed E-state index contributed by atoms with van der Waals surface area (Å²) in [5.74, 6) is -8.50. The van der Waals surface area contributed by atoms with Crippen LogP contribution in [0.2, 0.25) is 0 Å². The molecule has 5 atom stereocenters. The van der Waals surface area contributed by atoms with Crippen molar-refractivity contribution in [1.82, 2.24) is 4.98 Å². The molecule has 1 N–H and O–H groups in total. The number of rotatable bonds is 6. The number of benzene rings is 2. The van der Waals surface area contributed by atoms with Crippen molar-refractivity contribution in [2.24, 2.45) is 11.8 Å². The number of halogens is 6. The van der Waals surface area contributed by atoms with Gasteiger partial charge in [0.05, 0.1) is 31.3 Å². The molecular formula is C27H28BrF5N2O2. The molecule has 37 heavy (non-hydrogen) atoms. The molecule has 10 heteroatoms. The molecule has 6 rings (SSSR count). The fourth-order valence-corrected chi connectivity index (χ4v) is 6.51. The van der Waals surface area contributed by atoms with Gasteiger partial charge in [-0.15, -0.1) is 0 Å². The van der Waals surface area contributed by atoms with E-state index in [9.17, 15) is 27.1 Å². The third-order valence-corrected chi connectivity index (χ3v) is 8.42. The van der Waals surface area contributed by atoms with E-state index in [0.29, 0.717) is 47.6 Å². The zero-order valence-electron chi connectivity index (χ0n) is 20.5. The van der Waals surface area contributed by atoms with E-state index < -0.39 is 46.8 Å². The van der Waals surface area contributed by atoms with Crippen LogP contribution in [0, 0.1) is 40.9 Å². The zero-order chi connectivity index (χ0) is 25.8. The highest BCUT2D eigenvalue weighted by Crippen LogP contribution is 2.49. The summed E-state index contributed by atoms with van der Waals surface area (Å²) in [6, 6.07) is 6.55. The molecule has 0 saturated carbocycles. The standard InChI is InChI=1S/C27H28F5N2O2.BrH/c1-3-14-12-34(13-19-22(28)24(30)26(32)25(31)23(19)29)9-7-15(14)10-21(34)27(35)17-6-8-33-20-5-4-16(36-2)11-18(17)20;/h4-6,8,11,14-15,21,27,35H,3,7,9-10,12-13H2,1-2H3;1H/q+1;/p-1/t14-,15-,21+,27-,34-;/m0./s1. The van der Waals surface area contributed by atoms with E-state index in [4.69, 9.17) is 4.74 Å². The van der Waals surface area contributed by atoms with E-state index in [1.807, 2.05) is 6.92 Å². The first kappa shape index (κ1) is 27.7. The highest BCUT2D eigenvalue weighted by atomic mass is 79.9. The Balaban J connectivity index is 0.00000320. The van der Waals surface area contributed by atoms with Crippen LogP contribution in [0.3, 0.4) is 0 Å². The smallest absolute Gasteiger partial charge is 0.200 e. The minimum atomic E-state index is -2.16. The Morgan fingerprint density at radius 2 is 1.73 bits per heavy atom. The maximum atomic E-state index is 14.8. The fraction of sp³-hybridized carbons (Fsp3) is 0.444. The van der Waals surface area contributed by atoms with Crippen LogP contribution in [0.15, 0.2) is 30.5 Å². The van der Waals surface area contributed by atoms with Crippen LogP contribution in [0.5, 0.6) is 5.75 Å². The van der Waals surface area contributed by atoms with Gasteiger partial charge in [0.1, 0.15) is 24.4 Å². The Morgan fingerprint density at radius 3 is 2.38 bits per heavy atom. The molecule has 0 radical (unpaired) electrons. The number of hydrogen-bond acceptors (Lipinski definition) is 3. The lowest BCUT2D eigenvalue weighted by atomic mass is 9.70. The van der Waals surface area contributed by atoms with E-state index in [-0.39, 0.29) is 33.9 Å². The Kier molecular flexibility index (Phi) is 7.84. The summed E-state index contributed by atoms with van der Waals surface area (Å²) >= 11 is 0. The summed E-state index contributed by atoms with van der Waals surface area (Å²) in [6.07, 6.45) is 2.74. The Morgan fingerprint density at radius 1 is 1.05 bits per heavy atom. The molecule has 4 nitrogen and oxygen atoms in total. The lowest BCUT2D eigenvalue weighted by Crippen LogP contribution is -3.00. The molecule has 2 aromatic carbocycles. The van der Waals surface area contributed by atoms with Crippen LogP contribution in [-0.4, -0.2) is 40.8 Å². The molecule has 0 unspecified atom stereocenters. The second-order valence-electron chi connectivity index (χ2n) is 10.1. The Bertz CT molecular complexity index is 1300. The first-order chi connectivity index (χ1) is 17.2. The van der Waals surface area contributed by atoms with Gasteiger partial charge in [0, 0.05) is 30.3 Å². The topological polar surface area (TPSA) is 42.4 Å². The van der Waals surface area contributed by atoms with Crippen molar-refractivity contribution in [3.8, 4) is 5.75 Å². The molecule has 3 aliphatic rings. The molecule has 3 aliphatic heterocycles. The van der Waals surface area contributed by atoms with Crippen LogP contribution in [-0.2, 0) is 6.54 Å². The van der Waals surface area contributed by atoms with Crippen LogP contribution in [0.25, 0.3) is 10.9 Å². The highest BCUT2D eigenvalue weighted by Gasteiger charge is 2.55. The SMILES string of the molecule is CC[C@H]1C[N@+]2(Cc3c(F)c(F)c(F)c(F)c3F)CC[C@H]1C[C@@H]2[C@@H](O)c1ccnc2ccc(OC)cc12.[Br-]. The normalized spacial score (nSPS) is 25.7. The second-order valence-corrected chi connectivity index (χ2v) is 10.1. The predicted octanol–water partition coefficient (Wildman–Crippen LogP) is 2.81. The van der Waals surface area contributed by atoms with Gasteiger partial charge in [0.15, 0.2) is 23.3 Å². The summed E-state index contributed by atoms with van der Waals surface area (Å²) in [5.41, 5.74) is 0.431. The molecule has 3 aromatic rings. The summed E-state index contributed by atoms with van der Waals surface area (Å²) in [5, 5.41) is 12.4. The fourth-order valence-electron chi connectivity index (χ4n) is 6.51. The number of aliphatic hydroxyl groups excluding tert-OH is 1. The third kappa shape index (κ3) is 4.51. The van der Waals surface area contributed by atoms with Gasteiger partial charge < -0.3 is 31.3 Å². The van der Waals surface area contributed by atoms with Crippen molar-refractivity contribution in [2.45, 2.75) is 44.9 Å². The van der Waals surface area contributed by atoms with Crippen molar-refractivity contribution < 1.29 is 53.3 Å². The van der Waals surface area contributed by atoms with E-state index >= 15 is 0 Å². The second kappa shape index (κ2) is 10.5. The first-order valence-electron chi connectivity index (χ1n) is 12.2. The van der Waals surface area contributed by atoms with Crippen LogP contribution < -0.4 is 21.7 Å². The number of quaternary nitrogens is 1. The molecule has 3 saturated heterocycles. The van der Waals surface area contributed by atoms with Crippen LogP contribution in [0.4, 0.5) is 22.0 Å². The maximum Gasteiger partial charge on any atom is 0.200 e. The molecule has 4 heterocycles. The molecule has 2 bridgehead atoms. The van der Waals surface area contributed by atoms with Gasteiger partial charge in [-0.2, -0.15) is 0 Å². The lowest BCUT2D eigenvalue weighted by Gasteiger charge is -2.58. The number of ether oxygens (including phenoxy) is 1. The van der Waals surface area contributed by atoms with Gasteiger partial charge in [-0.3, -0.25) is 4.98 Å². The van der Waals surface area contributed by atoms with E-state index in [2.05, 4.69) is 4.98 Å². The average molecular weight is 587 g/mol. The summed E-state index contributed by atoms with van der Waals surface area (Å²) < 4.78 is 76.8. The monoisotopic (exact) mass is 586 g/mol. The van der Waals surface area contributed by atoms with Gasteiger partial charge in [-0.05, 0) is 42.2 Å². The predicted molar refractivity (Wildman–Crippen MR) is 123 cm³/mol. The summed E-state index contributed by atoms with van der Waals surface area (Å²) in [4.78, 5) is 4.36. The van der Waals surface area contributed by atoms with Crippen LogP contribution in [0.1, 0.15) is 43.4 Å². The van der Waals surface area contributed by atoms with Crippen molar-refractivity contribution in [3.05, 3.63) is 70.7 Å². The van der Waals surface area contributed by atoms with Crippen molar-refractivity contribution in [2.75, 3.05) is 20.2 Å². The first-order valence-corrected chi connectivity index (χ1v) is 12.2. The van der Waals surface area contributed by atoms with E-state index in [1.165, 1.54) is 7.11 Å². The van der Waals surface area contributed by atoms with Gasteiger partial charge in [0.2, 0.25) is 5.82 Å². The van der Waals surface area contributed by atoms with Crippen molar-refractivity contribution >= 4 is 10.9 Å². The molecule has 200 valence electrons. The maximum absolute atomic E-state index is 14.8.